The van der Waals surface area contributed by atoms with Crippen LogP contribution in [0.5, 0.6) is 0 Å². The molecule has 1 fully saturated rings. The molecule has 2 heterocycles. The van der Waals surface area contributed by atoms with E-state index in [1.165, 1.54) is 31.1 Å². The molecule has 2 N–H and O–H groups in total. The summed E-state index contributed by atoms with van der Waals surface area (Å²) < 4.78 is 31.0. The lowest BCUT2D eigenvalue weighted by Gasteiger charge is -2.42. The van der Waals surface area contributed by atoms with Crippen LogP contribution in [0.25, 0.3) is 17.0 Å². The molecule has 1 aromatic heterocycles. The van der Waals surface area contributed by atoms with Crippen LogP contribution in [-0.2, 0) is 11.2 Å². The predicted molar refractivity (Wildman–Crippen MR) is 125 cm³/mol. The number of rotatable bonds is 5. The molecule has 1 aliphatic carbocycles. The minimum Gasteiger partial charge on any atom is -0.478 e. The van der Waals surface area contributed by atoms with Crippen molar-refractivity contribution in [1.82, 2.24) is 9.88 Å². The summed E-state index contributed by atoms with van der Waals surface area (Å²) in [5, 5.41) is 9.97. The molecule has 2 aromatic carbocycles. The molecule has 0 saturated heterocycles. The van der Waals surface area contributed by atoms with Gasteiger partial charge < -0.3 is 10.1 Å². The fraction of sp³-hybridized carbons (Fsp3) is 0.370. The van der Waals surface area contributed by atoms with Crippen LogP contribution in [0, 0.1) is 17.6 Å². The molecule has 0 radical (unpaired) electrons. The van der Waals surface area contributed by atoms with Gasteiger partial charge in [-0.2, -0.15) is 0 Å². The van der Waals surface area contributed by atoms with E-state index in [9.17, 15) is 4.79 Å². The Balaban J connectivity index is 1.65. The molecule has 0 bridgehead atoms. The van der Waals surface area contributed by atoms with E-state index in [4.69, 9.17) is 5.11 Å². The first-order chi connectivity index (χ1) is 15.9. The number of fused-ring (bicyclic) bond motifs is 3. The number of nitrogens with zero attached hydrogens (tertiary/aromatic N) is 1. The van der Waals surface area contributed by atoms with E-state index in [2.05, 4.69) is 22.9 Å². The van der Waals surface area contributed by atoms with Crippen LogP contribution in [-0.4, -0.2) is 33.5 Å². The zero-order valence-electron chi connectivity index (χ0n) is 18.7. The number of carboxylic acids is 1. The number of halogens is 2. The van der Waals surface area contributed by atoms with Gasteiger partial charge in [0.1, 0.15) is 11.6 Å². The van der Waals surface area contributed by atoms with E-state index in [1.807, 2.05) is 18.2 Å². The van der Waals surface area contributed by atoms with Gasteiger partial charge in [-0.05, 0) is 67.5 Å². The Bertz CT molecular complexity index is 1200. The second-order valence-electron chi connectivity index (χ2n) is 9.44. The van der Waals surface area contributed by atoms with Crippen molar-refractivity contribution in [2.45, 2.75) is 51.1 Å². The van der Waals surface area contributed by atoms with E-state index < -0.39 is 23.6 Å². The maximum Gasteiger partial charge on any atom is 0.328 e. The summed E-state index contributed by atoms with van der Waals surface area (Å²) in [6, 6.07) is 10.1. The molecule has 5 rings (SSSR count). The molecule has 1 saturated carbocycles. The van der Waals surface area contributed by atoms with Gasteiger partial charge in [0, 0.05) is 40.8 Å². The highest BCUT2D eigenvalue weighted by molar-refractivity contribution is 5.86. The summed E-state index contributed by atoms with van der Waals surface area (Å²) >= 11 is 0. The Hall–Kier alpha value is -2.99. The van der Waals surface area contributed by atoms with Crippen molar-refractivity contribution in [1.29, 1.82) is 0 Å². The second-order valence-corrected chi connectivity index (χ2v) is 9.44. The summed E-state index contributed by atoms with van der Waals surface area (Å²) in [5.41, 5.74) is 3.18. The molecular weight excluding hydrogens is 422 g/mol. The normalized spacial score (nSPS) is 21.8. The molecule has 6 heteroatoms. The quantitative estimate of drug-likeness (QED) is 0.464. The highest BCUT2D eigenvalue weighted by Crippen LogP contribution is 2.43. The van der Waals surface area contributed by atoms with Gasteiger partial charge in [-0.1, -0.05) is 31.0 Å². The SMILES string of the molecule is C[C@@H]1Cc2c([nH]c3ccccc23)[C@@H](c2c(F)cc(/C=C/C(=O)O)cc2F)N1CC1CCCC1. The highest BCUT2D eigenvalue weighted by atomic mass is 19.1. The molecule has 0 amide bonds. The molecule has 3 aromatic rings. The first kappa shape index (κ1) is 21.8. The number of carboxylic acid groups (broad SMARTS) is 1. The lowest BCUT2D eigenvalue weighted by atomic mass is 9.86. The Morgan fingerprint density at radius 3 is 2.58 bits per heavy atom. The number of H-pyrrole nitrogens is 1. The number of nitrogens with one attached hydrogen (secondary N) is 1. The minimum atomic E-state index is -1.16. The smallest absolute Gasteiger partial charge is 0.328 e. The predicted octanol–water partition coefficient (Wildman–Crippen LogP) is 6.07. The molecule has 33 heavy (non-hydrogen) atoms. The average Bonchev–Trinajstić information content (AvgIpc) is 3.41. The van der Waals surface area contributed by atoms with E-state index in [0.29, 0.717) is 5.92 Å². The van der Waals surface area contributed by atoms with Crippen molar-refractivity contribution >= 4 is 22.9 Å². The maximum absolute atomic E-state index is 15.5. The van der Waals surface area contributed by atoms with Crippen LogP contribution in [0.2, 0.25) is 0 Å². The number of carbonyl (C=O) groups is 1. The Kier molecular flexibility index (Phi) is 5.79. The van der Waals surface area contributed by atoms with Gasteiger partial charge in [0.15, 0.2) is 0 Å². The minimum absolute atomic E-state index is 0.0276. The van der Waals surface area contributed by atoms with Crippen molar-refractivity contribution in [2.75, 3.05) is 6.54 Å². The van der Waals surface area contributed by atoms with Gasteiger partial charge in [-0.3, -0.25) is 4.90 Å². The molecule has 4 nitrogen and oxygen atoms in total. The van der Waals surface area contributed by atoms with Crippen LogP contribution < -0.4 is 0 Å². The molecule has 0 spiro atoms. The van der Waals surface area contributed by atoms with Crippen LogP contribution in [0.15, 0.2) is 42.5 Å². The Morgan fingerprint density at radius 2 is 1.88 bits per heavy atom. The van der Waals surface area contributed by atoms with Crippen LogP contribution >= 0.6 is 0 Å². The third-order valence-electron chi connectivity index (χ3n) is 7.25. The third kappa shape index (κ3) is 4.08. The Labute approximate surface area is 191 Å². The van der Waals surface area contributed by atoms with Gasteiger partial charge in [-0.15, -0.1) is 0 Å². The number of para-hydroxylation sites is 1. The van der Waals surface area contributed by atoms with E-state index in [1.54, 1.807) is 0 Å². The van der Waals surface area contributed by atoms with Crippen molar-refractivity contribution in [3.63, 3.8) is 0 Å². The fourth-order valence-electron chi connectivity index (χ4n) is 5.72. The lowest BCUT2D eigenvalue weighted by molar-refractivity contribution is -0.131. The molecule has 1 aliphatic heterocycles. The lowest BCUT2D eigenvalue weighted by Crippen LogP contribution is -2.45. The molecule has 2 atom stereocenters. The highest BCUT2D eigenvalue weighted by Gasteiger charge is 2.39. The van der Waals surface area contributed by atoms with Crippen LogP contribution in [0.3, 0.4) is 0 Å². The number of hydrogen-bond acceptors (Lipinski definition) is 2. The Morgan fingerprint density at radius 1 is 1.18 bits per heavy atom. The maximum atomic E-state index is 15.5. The summed E-state index contributed by atoms with van der Waals surface area (Å²) in [4.78, 5) is 16.6. The van der Waals surface area contributed by atoms with Crippen LogP contribution in [0.4, 0.5) is 8.78 Å². The van der Waals surface area contributed by atoms with Crippen LogP contribution in [0.1, 0.15) is 61.0 Å². The number of aromatic nitrogens is 1. The second kappa shape index (κ2) is 8.75. The first-order valence-corrected chi connectivity index (χ1v) is 11.7. The fourth-order valence-corrected chi connectivity index (χ4v) is 5.72. The van der Waals surface area contributed by atoms with E-state index in [0.717, 1.165) is 54.0 Å². The number of aromatic amines is 1. The third-order valence-corrected chi connectivity index (χ3v) is 7.25. The number of aliphatic carboxylic acids is 1. The van der Waals surface area contributed by atoms with Gasteiger partial charge >= 0.3 is 5.97 Å². The van der Waals surface area contributed by atoms with Gasteiger partial charge in [-0.25, -0.2) is 13.6 Å². The summed E-state index contributed by atoms with van der Waals surface area (Å²) in [5.74, 6) is -1.93. The van der Waals surface area contributed by atoms with Crippen molar-refractivity contribution in [2.24, 2.45) is 5.92 Å². The average molecular weight is 451 g/mol. The zero-order chi connectivity index (χ0) is 23.1. The van der Waals surface area contributed by atoms with Gasteiger partial charge in [0.2, 0.25) is 0 Å². The topological polar surface area (TPSA) is 56.3 Å². The van der Waals surface area contributed by atoms with E-state index in [-0.39, 0.29) is 17.2 Å². The van der Waals surface area contributed by atoms with Crippen molar-refractivity contribution in [3.8, 4) is 0 Å². The summed E-state index contributed by atoms with van der Waals surface area (Å²) in [7, 11) is 0. The van der Waals surface area contributed by atoms with Crippen molar-refractivity contribution < 1.29 is 18.7 Å². The number of benzene rings is 2. The van der Waals surface area contributed by atoms with Gasteiger partial charge in [0.25, 0.3) is 0 Å². The monoisotopic (exact) mass is 450 g/mol. The number of hydrogen-bond donors (Lipinski definition) is 2. The molecule has 2 aliphatic rings. The van der Waals surface area contributed by atoms with E-state index >= 15 is 8.78 Å². The largest absolute Gasteiger partial charge is 0.478 e. The van der Waals surface area contributed by atoms with Gasteiger partial charge in [0.05, 0.1) is 6.04 Å². The molecule has 172 valence electrons. The summed E-state index contributed by atoms with van der Waals surface area (Å²) in [6.07, 6.45) is 7.65. The summed E-state index contributed by atoms with van der Waals surface area (Å²) in [6.45, 7) is 2.95. The molecule has 0 unspecified atom stereocenters. The zero-order valence-corrected chi connectivity index (χ0v) is 18.7. The van der Waals surface area contributed by atoms with Crippen molar-refractivity contribution in [3.05, 3.63) is 76.5 Å². The first-order valence-electron chi connectivity index (χ1n) is 11.7. The standard InChI is InChI=1S/C27H28F2N2O2/c1-16-12-20-19-8-4-5-9-23(19)30-26(20)27(31(16)15-17-6-2-3-7-17)25-21(28)13-18(14-22(25)29)10-11-24(32)33/h4-5,8-11,13-14,16-17,27,30H,2-3,6-7,12,15H2,1H3,(H,32,33)/b11-10+/t16-,27-/m1/s1. The molecular formula is C27H28F2N2O2.